The Morgan fingerprint density at radius 2 is 0.935 bits per heavy atom. The summed E-state index contributed by atoms with van der Waals surface area (Å²) in [6.45, 7) is 14.1. The van der Waals surface area contributed by atoms with Gasteiger partial charge in [0.25, 0.3) is 0 Å². The van der Waals surface area contributed by atoms with E-state index >= 15 is 0 Å². The van der Waals surface area contributed by atoms with E-state index in [0.29, 0.717) is 6.23 Å². The van der Waals surface area contributed by atoms with Gasteiger partial charge in [-0.2, -0.15) is 0 Å². The molecule has 0 aliphatic heterocycles. The van der Waals surface area contributed by atoms with Gasteiger partial charge in [0, 0.05) is 13.1 Å². The van der Waals surface area contributed by atoms with Crippen LogP contribution in [0.5, 0.6) is 0 Å². The van der Waals surface area contributed by atoms with Crippen molar-refractivity contribution in [3.63, 3.8) is 0 Å². The summed E-state index contributed by atoms with van der Waals surface area (Å²) in [5.41, 5.74) is 0. The topological polar surface area (TPSA) is 12.5 Å². The third kappa shape index (κ3) is 19.6. The average Bonchev–Trinajstić information content (AvgIpc) is 2.78. The van der Waals surface area contributed by atoms with Crippen molar-refractivity contribution in [3.8, 4) is 0 Å². The molecule has 0 aromatic carbocycles. The van der Waals surface area contributed by atoms with Gasteiger partial charge in [0.05, 0.1) is 6.23 Å². The van der Waals surface area contributed by atoms with Gasteiger partial charge in [0.1, 0.15) is 0 Å². The zero-order valence-electron chi connectivity index (χ0n) is 22.6. The molecule has 1 atom stereocenters. The number of hydrogen-bond donors (Lipinski definition) is 0. The van der Waals surface area contributed by atoms with Gasteiger partial charge in [-0.25, -0.2) is 0 Å². The molecule has 31 heavy (non-hydrogen) atoms. The Balaban J connectivity index is 4.75. The quantitative estimate of drug-likeness (QED) is 0.0774. The highest BCUT2D eigenvalue weighted by molar-refractivity contribution is 6.51. The van der Waals surface area contributed by atoms with E-state index in [0.717, 1.165) is 0 Å². The van der Waals surface area contributed by atoms with Gasteiger partial charge in [-0.3, -0.25) is 4.90 Å². The van der Waals surface area contributed by atoms with Gasteiger partial charge in [0.2, 0.25) is 0 Å². The van der Waals surface area contributed by atoms with Crippen LogP contribution in [0.3, 0.4) is 0 Å². The first kappa shape index (κ1) is 31.5. The summed E-state index contributed by atoms with van der Waals surface area (Å²) in [4.78, 5) is 2.72. The van der Waals surface area contributed by atoms with Gasteiger partial charge in [-0.15, -0.1) is 0 Å². The summed E-state index contributed by atoms with van der Waals surface area (Å²) in [6.07, 6.45) is 25.0. The average molecular weight is 454 g/mol. The van der Waals surface area contributed by atoms with Crippen LogP contribution in [-0.2, 0) is 3.79 Å². The minimum atomic E-state index is -1.11. The molecule has 1 unspecified atom stereocenters. The Bertz CT molecular complexity index is 315. The summed E-state index contributed by atoms with van der Waals surface area (Å²) in [7, 11) is 0. The second kappa shape index (κ2) is 25.1. The molecule has 0 aliphatic rings. The van der Waals surface area contributed by atoms with Crippen LogP contribution in [-0.4, -0.2) is 38.7 Å². The van der Waals surface area contributed by atoms with Crippen molar-refractivity contribution in [2.45, 2.75) is 167 Å². The van der Waals surface area contributed by atoms with Crippen LogP contribution in [0.25, 0.3) is 0 Å². The van der Waals surface area contributed by atoms with E-state index in [1.807, 2.05) is 0 Å². The zero-order chi connectivity index (χ0) is 23.0. The first-order chi connectivity index (χ1) is 15.2. The first-order valence-electron chi connectivity index (χ1n) is 14.6. The second-order valence-electron chi connectivity index (χ2n) is 9.86. The van der Waals surface area contributed by atoms with Crippen molar-refractivity contribution in [2.24, 2.45) is 0 Å². The van der Waals surface area contributed by atoms with E-state index in [9.17, 15) is 0 Å². The molecule has 0 aromatic rings. The number of unbranched alkanes of at least 4 members (excludes halogenated alkanes) is 12. The molecule has 2 nitrogen and oxygen atoms in total. The van der Waals surface area contributed by atoms with Gasteiger partial charge < -0.3 is 3.79 Å². The predicted molar refractivity (Wildman–Crippen MR) is 143 cm³/mol. The highest BCUT2D eigenvalue weighted by atomic mass is 27.2. The molecule has 0 aliphatic carbocycles. The molecule has 0 heterocycles. The minimum absolute atomic E-state index is 0.403. The Labute approximate surface area is 203 Å². The van der Waals surface area contributed by atoms with Crippen molar-refractivity contribution in [3.05, 3.63) is 0 Å². The van der Waals surface area contributed by atoms with E-state index in [2.05, 4.69) is 39.5 Å². The molecule has 3 heteroatoms. The predicted octanol–water partition coefficient (Wildman–Crippen LogP) is 9.74. The molecule has 0 bridgehead atoms. The monoisotopic (exact) mass is 453 g/mol. The first-order valence-corrected chi connectivity index (χ1v) is 16.7. The molecule has 0 spiro atoms. The van der Waals surface area contributed by atoms with Crippen molar-refractivity contribution < 1.29 is 3.79 Å². The van der Waals surface area contributed by atoms with Gasteiger partial charge in [-0.05, 0) is 19.3 Å². The van der Waals surface area contributed by atoms with Crippen LogP contribution in [0.4, 0.5) is 0 Å². The molecule has 0 fully saturated rings. The molecule has 0 N–H and O–H groups in total. The standard InChI is InChI=1S/C12H26NO.2C8H17.Al/c1-4-7-10-13(11-8-5-2)12(14)9-6-3;2*1-3-5-7-8-6-4-2;/h12H,4-11H2,1-3H3;2*1,3-8H2,2H3;/q-1;;;+1. The van der Waals surface area contributed by atoms with E-state index in [4.69, 9.17) is 3.79 Å². The van der Waals surface area contributed by atoms with Crippen LogP contribution < -0.4 is 0 Å². The number of nitrogens with zero attached hydrogens (tertiary/aromatic N) is 1. The fraction of sp³-hybridized carbons (Fsp3) is 1.00. The van der Waals surface area contributed by atoms with Crippen LogP contribution in [0.2, 0.25) is 10.6 Å². The lowest BCUT2D eigenvalue weighted by atomic mass is 10.1. The molecule has 0 aromatic heterocycles. The van der Waals surface area contributed by atoms with E-state index in [-0.39, 0.29) is 0 Å². The van der Waals surface area contributed by atoms with Gasteiger partial charge in [-0.1, -0.05) is 141 Å². The lowest BCUT2D eigenvalue weighted by molar-refractivity contribution is 0.0128. The Hall–Kier alpha value is 0.452. The molecule has 0 radical (unpaired) electrons. The fourth-order valence-corrected chi connectivity index (χ4v) is 7.31. The van der Waals surface area contributed by atoms with Gasteiger partial charge >= 0.3 is 14.5 Å². The van der Waals surface area contributed by atoms with Crippen molar-refractivity contribution in [1.29, 1.82) is 0 Å². The summed E-state index contributed by atoms with van der Waals surface area (Å²) >= 11 is -1.11. The fourth-order valence-electron chi connectivity index (χ4n) is 4.51. The molecule has 0 saturated heterocycles. The van der Waals surface area contributed by atoms with Crippen LogP contribution in [0.15, 0.2) is 0 Å². The number of rotatable bonds is 25. The highest BCUT2D eigenvalue weighted by Crippen LogP contribution is 2.21. The Morgan fingerprint density at radius 3 is 1.35 bits per heavy atom. The SMILES string of the molecule is CCCCCCC[CH2][Al]([CH2]CCCCCCC)[O]C(CCC)N(CCCC)CCCC. The van der Waals surface area contributed by atoms with E-state index in [1.165, 1.54) is 139 Å². The van der Waals surface area contributed by atoms with Crippen LogP contribution in [0, 0.1) is 0 Å². The van der Waals surface area contributed by atoms with Crippen LogP contribution >= 0.6 is 0 Å². The molecular formula is C28H60AlNO. The third-order valence-electron chi connectivity index (χ3n) is 6.65. The summed E-state index contributed by atoms with van der Waals surface area (Å²) in [5.74, 6) is 0. The zero-order valence-corrected chi connectivity index (χ0v) is 23.7. The highest BCUT2D eigenvalue weighted by Gasteiger charge is 2.26. The molecule has 186 valence electrons. The third-order valence-corrected chi connectivity index (χ3v) is 9.45. The maximum atomic E-state index is 7.07. The molecular weight excluding hydrogens is 393 g/mol. The smallest absolute Gasteiger partial charge is 0.461 e. The maximum absolute atomic E-state index is 7.07. The maximum Gasteiger partial charge on any atom is 0.461 e. The van der Waals surface area contributed by atoms with Crippen LogP contribution in [0.1, 0.15) is 150 Å². The normalized spacial score (nSPS) is 12.6. The summed E-state index contributed by atoms with van der Waals surface area (Å²) in [5, 5.41) is 2.83. The van der Waals surface area contributed by atoms with Crippen molar-refractivity contribution >= 4 is 14.5 Å². The molecule has 0 rings (SSSR count). The summed E-state index contributed by atoms with van der Waals surface area (Å²) < 4.78 is 7.07. The van der Waals surface area contributed by atoms with Gasteiger partial charge in [0.15, 0.2) is 0 Å². The lowest BCUT2D eigenvalue weighted by Crippen LogP contribution is -2.42. The minimum Gasteiger partial charge on any atom is -0.487 e. The largest absolute Gasteiger partial charge is 0.487 e. The van der Waals surface area contributed by atoms with E-state index in [1.54, 1.807) is 0 Å². The Morgan fingerprint density at radius 1 is 0.516 bits per heavy atom. The summed E-state index contributed by atoms with van der Waals surface area (Å²) in [6, 6.07) is 0. The lowest BCUT2D eigenvalue weighted by Gasteiger charge is -2.34. The van der Waals surface area contributed by atoms with Crippen molar-refractivity contribution in [2.75, 3.05) is 13.1 Å². The number of hydrogen-bond acceptors (Lipinski definition) is 2. The van der Waals surface area contributed by atoms with E-state index < -0.39 is 14.5 Å². The van der Waals surface area contributed by atoms with Crippen molar-refractivity contribution in [1.82, 2.24) is 4.90 Å². The molecule has 0 amide bonds. The second-order valence-corrected chi connectivity index (χ2v) is 12.5. The Kier molecular flexibility index (Phi) is 25.4. The molecule has 0 saturated carbocycles.